The van der Waals surface area contributed by atoms with E-state index in [1.165, 1.54) is 6.20 Å². The molecular weight excluding hydrogens is 369 g/mol. The van der Waals surface area contributed by atoms with Crippen molar-refractivity contribution in [2.75, 3.05) is 30.7 Å². The lowest BCUT2D eigenvalue weighted by molar-refractivity contribution is 0.0784. The summed E-state index contributed by atoms with van der Waals surface area (Å²) in [5, 5.41) is 18.6. The third-order valence-corrected chi connectivity index (χ3v) is 5.78. The molecule has 0 spiro atoms. The molecule has 1 aliphatic heterocycles. The number of nitrogen functional groups attached to an aromatic ring is 1. The van der Waals surface area contributed by atoms with Gasteiger partial charge in [0.05, 0.1) is 23.1 Å². The highest BCUT2D eigenvalue weighted by Gasteiger charge is 2.37. The van der Waals surface area contributed by atoms with Crippen molar-refractivity contribution < 1.29 is 4.39 Å². The van der Waals surface area contributed by atoms with Crippen molar-refractivity contribution in [3.05, 3.63) is 24.0 Å². The molecule has 0 atom stereocenters. The van der Waals surface area contributed by atoms with Crippen molar-refractivity contribution in [1.82, 2.24) is 20.1 Å². The van der Waals surface area contributed by atoms with E-state index < -0.39 is 5.67 Å². The van der Waals surface area contributed by atoms with Crippen LogP contribution in [0.3, 0.4) is 0 Å². The SMILES string of the molecule is CC.CCC1CN(C(=N)c2cnc(-c3[nH]ncc3N)cc2NCC2(F)CCC2)C1. The fourth-order valence-electron chi connectivity index (χ4n) is 3.60. The molecule has 158 valence electrons. The quantitative estimate of drug-likeness (QED) is 0.431. The molecular formula is C21H32FN7. The molecule has 0 unspecified atom stereocenters. The Morgan fingerprint density at radius 1 is 1.38 bits per heavy atom. The molecule has 2 fully saturated rings. The van der Waals surface area contributed by atoms with Gasteiger partial charge in [0.2, 0.25) is 0 Å². The van der Waals surface area contributed by atoms with Gasteiger partial charge >= 0.3 is 0 Å². The van der Waals surface area contributed by atoms with Crippen LogP contribution in [0.15, 0.2) is 18.5 Å². The van der Waals surface area contributed by atoms with E-state index in [4.69, 9.17) is 11.1 Å². The Hall–Kier alpha value is -2.64. The van der Waals surface area contributed by atoms with Gasteiger partial charge < -0.3 is 16.0 Å². The summed E-state index contributed by atoms with van der Waals surface area (Å²) in [5.41, 5.74) is 7.95. The van der Waals surface area contributed by atoms with Crippen LogP contribution in [0.1, 0.15) is 52.0 Å². The zero-order chi connectivity index (χ0) is 21.0. The number of nitrogens with zero attached hydrogens (tertiary/aromatic N) is 3. The first-order valence-corrected chi connectivity index (χ1v) is 10.5. The summed E-state index contributed by atoms with van der Waals surface area (Å²) in [6.45, 7) is 8.18. The highest BCUT2D eigenvalue weighted by molar-refractivity contribution is 6.02. The molecule has 0 bridgehead atoms. The van der Waals surface area contributed by atoms with Crippen molar-refractivity contribution in [3.63, 3.8) is 0 Å². The van der Waals surface area contributed by atoms with Crippen LogP contribution in [0.25, 0.3) is 11.4 Å². The van der Waals surface area contributed by atoms with E-state index in [1.807, 2.05) is 24.8 Å². The van der Waals surface area contributed by atoms with E-state index in [-0.39, 0.29) is 6.54 Å². The van der Waals surface area contributed by atoms with Gasteiger partial charge in [0.15, 0.2) is 0 Å². The van der Waals surface area contributed by atoms with Gasteiger partial charge in [-0.3, -0.25) is 15.5 Å². The number of aromatic amines is 1. The van der Waals surface area contributed by atoms with Crippen LogP contribution in [0, 0.1) is 11.3 Å². The maximum Gasteiger partial charge on any atom is 0.131 e. The number of likely N-dealkylation sites (tertiary alicyclic amines) is 1. The Bertz CT molecular complexity index is 837. The highest BCUT2D eigenvalue weighted by atomic mass is 19.1. The fraction of sp³-hybridized carbons (Fsp3) is 0.571. The first-order chi connectivity index (χ1) is 14.0. The summed E-state index contributed by atoms with van der Waals surface area (Å²) in [6.07, 6.45) is 6.43. The largest absolute Gasteiger partial charge is 0.396 e. The van der Waals surface area contributed by atoms with Crippen LogP contribution in [0.2, 0.25) is 0 Å². The molecule has 2 aromatic heterocycles. The van der Waals surface area contributed by atoms with E-state index in [1.54, 1.807) is 6.20 Å². The second-order valence-electron chi connectivity index (χ2n) is 7.70. The van der Waals surface area contributed by atoms with Crippen LogP contribution >= 0.6 is 0 Å². The third-order valence-electron chi connectivity index (χ3n) is 5.78. The molecule has 7 nitrogen and oxygen atoms in total. The minimum Gasteiger partial charge on any atom is -0.396 e. The summed E-state index contributed by atoms with van der Waals surface area (Å²) in [5.74, 6) is 1.07. The lowest BCUT2D eigenvalue weighted by Gasteiger charge is -2.41. The molecule has 0 radical (unpaired) electrons. The summed E-state index contributed by atoms with van der Waals surface area (Å²) >= 11 is 0. The van der Waals surface area contributed by atoms with E-state index in [2.05, 4.69) is 27.4 Å². The number of anilines is 2. The molecule has 29 heavy (non-hydrogen) atoms. The van der Waals surface area contributed by atoms with Crippen molar-refractivity contribution in [3.8, 4) is 11.4 Å². The number of amidine groups is 1. The van der Waals surface area contributed by atoms with Gasteiger partial charge in [-0.05, 0) is 37.7 Å². The minimum absolute atomic E-state index is 0.243. The number of nitrogens with two attached hydrogens (primary N) is 1. The predicted molar refractivity (Wildman–Crippen MR) is 116 cm³/mol. The second-order valence-corrected chi connectivity index (χ2v) is 7.70. The van der Waals surface area contributed by atoms with Crippen molar-refractivity contribution >= 4 is 17.2 Å². The molecule has 4 rings (SSSR count). The molecule has 1 saturated carbocycles. The van der Waals surface area contributed by atoms with Gasteiger partial charge in [-0.1, -0.05) is 20.8 Å². The summed E-state index contributed by atoms with van der Waals surface area (Å²) in [7, 11) is 0. The Kier molecular flexibility index (Phi) is 6.39. The second kappa shape index (κ2) is 8.80. The van der Waals surface area contributed by atoms with Crippen molar-refractivity contribution in [2.24, 2.45) is 5.92 Å². The Balaban J connectivity index is 0.00000117. The molecule has 2 aromatic rings. The van der Waals surface area contributed by atoms with Gasteiger partial charge in [0, 0.05) is 31.5 Å². The van der Waals surface area contributed by atoms with Crippen LogP contribution < -0.4 is 11.1 Å². The van der Waals surface area contributed by atoms with Crippen molar-refractivity contribution in [2.45, 2.75) is 52.1 Å². The zero-order valence-corrected chi connectivity index (χ0v) is 17.6. The van der Waals surface area contributed by atoms with Crippen LogP contribution in [0.5, 0.6) is 0 Å². The van der Waals surface area contributed by atoms with Gasteiger partial charge in [-0.25, -0.2) is 4.39 Å². The molecule has 0 amide bonds. The molecule has 8 heteroatoms. The van der Waals surface area contributed by atoms with Gasteiger partial charge in [-0.15, -0.1) is 0 Å². The van der Waals surface area contributed by atoms with E-state index in [9.17, 15) is 4.39 Å². The summed E-state index contributed by atoms with van der Waals surface area (Å²) in [4.78, 5) is 6.51. The average Bonchev–Trinajstić information content (AvgIpc) is 3.11. The number of aromatic nitrogens is 3. The normalized spacial score (nSPS) is 17.6. The Morgan fingerprint density at radius 3 is 2.66 bits per heavy atom. The minimum atomic E-state index is -1.15. The van der Waals surface area contributed by atoms with Gasteiger partial charge in [0.1, 0.15) is 17.2 Å². The van der Waals surface area contributed by atoms with Gasteiger partial charge in [0.25, 0.3) is 0 Å². The Morgan fingerprint density at radius 2 is 2.10 bits per heavy atom. The predicted octanol–water partition coefficient (Wildman–Crippen LogP) is 4.05. The molecule has 1 saturated heterocycles. The number of pyridine rings is 1. The molecule has 1 aliphatic carbocycles. The standard InChI is InChI=1S/C19H26FN7.C2H6/c1-2-12-9-27(10-12)18(22)13-7-23-16(17-14(21)8-25-26-17)6-15(13)24-11-19(20)4-3-5-19;1-2/h6-8,12,22H,2-5,9-11,21H2,1H3,(H,23,24)(H,25,26);1-2H3. The first-order valence-electron chi connectivity index (χ1n) is 10.5. The topological polar surface area (TPSA) is 107 Å². The zero-order valence-electron chi connectivity index (χ0n) is 17.6. The van der Waals surface area contributed by atoms with Crippen LogP contribution in [-0.4, -0.2) is 51.2 Å². The maximum absolute atomic E-state index is 14.5. The molecule has 3 heterocycles. The summed E-state index contributed by atoms with van der Waals surface area (Å²) < 4.78 is 14.5. The van der Waals surface area contributed by atoms with Crippen molar-refractivity contribution in [1.29, 1.82) is 5.41 Å². The molecule has 5 N–H and O–H groups in total. The van der Waals surface area contributed by atoms with Gasteiger partial charge in [-0.2, -0.15) is 5.10 Å². The number of hydrogen-bond acceptors (Lipinski definition) is 5. The number of halogens is 1. The third kappa shape index (κ3) is 4.36. The number of alkyl halides is 1. The first kappa shape index (κ1) is 21.1. The van der Waals surface area contributed by atoms with E-state index >= 15 is 0 Å². The molecule has 0 aromatic carbocycles. The maximum atomic E-state index is 14.5. The number of hydrogen-bond donors (Lipinski definition) is 4. The van der Waals surface area contributed by atoms with Crippen LogP contribution in [-0.2, 0) is 0 Å². The average molecular weight is 402 g/mol. The van der Waals surface area contributed by atoms with Crippen LogP contribution in [0.4, 0.5) is 15.8 Å². The monoisotopic (exact) mass is 401 g/mol. The number of rotatable bonds is 6. The number of H-pyrrole nitrogens is 1. The van der Waals surface area contributed by atoms with E-state index in [0.717, 1.165) is 25.9 Å². The molecule has 2 aliphatic rings. The lowest BCUT2D eigenvalue weighted by Crippen LogP contribution is -2.49. The summed E-state index contributed by atoms with van der Waals surface area (Å²) in [6, 6.07) is 1.83. The Labute approximate surface area is 171 Å². The fourth-order valence-corrected chi connectivity index (χ4v) is 3.60. The smallest absolute Gasteiger partial charge is 0.131 e. The highest BCUT2D eigenvalue weighted by Crippen LogP contribution is 2.36. The number of nitrogens with one attached hydrogen (secondary N) is 3. The lowest BCUT2D eigenvalue weighted by atomic mass is 9.82. The van der Waals surface area contributed by atoms with E-state index in [0.29, 0.717) is 52.9 Å².